The van der Waals surface area contributed by atoms with Crippen LogP contribution in [-0.4, -0.2) is 20.1 Å². The Hall–Kier alpha value is -2.92. The standard InChI is InChI=1S/C20H19N3OS.C10H22.C4H10.C3H8/c1-5-6-7-16-12(2)22-10-18(16)19-11-25-20(23-19)17-8-15(14(4)24)9-21-13(17)3;1-5-6-7-8-10(4)9(2)3;1-3-4-2;1-3-2/h5-11,22,24H,1,3H2,2,4H3;9-10H,5-8H2,1-4H3;3-4H2,1-2H3;3H2,1-2H3/b7-6-,15-14+;;;. The second kappa shape index (κ2) is 22.6. The maximum Gasteiger partial charge on any atom is 0.126 e. The van der Waals surface area contributed by atoms with Crippen molar-refractivity contribution in [2.24, 2.45) is 11.8 Å². The van der Waals surface area contributed by atoms with Crippen LogP contribution < -0.4 is 10.6 Å². The lowest BCUT2D eigenvalue weighted by Gasteiger charge is -2.14. The highest BCUT2D eigenvalue weighted by molar-refractivity contribution is 7.13. The normalized spacial score (nSPS) is 12.0. The van der Waals surface area contributed by atoms with Crippen molar-refractivity contribution in [2.75, 3.05) is 0 Å². The summed E-state index contributed by atoms with van der Waals surface area (Å²) in [4.78, 5) is 12.3. The van der Waals surface area contributed by atoms with Gasteiger partial charge in [-0.25, -0.2) is 4.98 Å². The average molecular weight is 594 g/mol. The number of allylic oxidation sites excluding steroid dienone is 2. The molecule has 0 aliphatic rings. The van der Waals surface area contributed by atoms with Crippen LogP contribution in [-0.2, 0) is 0 Å². The number of aromatic amines is 1. The molecule has 234 valence electrons. The van der Waals surface area contributed by atoms with Crippen molar-refractivity contribution < 1.29 is 5.11 Å². The molecule has 1 unspecified atom stereocenters. The van der Waals surface area contributed by atoms with E-state index in [0.717, 1.165) is 44.9 Å². The van der Waals surface area contributed by atoms with Crippen LogP contribution >= 0.6 is 11.3 Å². The van der Waals surface area contributed by atoms with Gasteiger partial charge in [0.2, 0.25) is 0 Å². The fourth-order valence-electron chi connectivity index (χ4n) is 3.58. The van der Waals surface area contributed by atoms with E-state index >= 15 is 0 Å². The zero-order valence-corrected chi connectivity index (χ0v) is 29.1. The number of pyridine rings is 1. The first-order chi connectivity index (χ1) is 20.0. The summed E-state index contributed by atoms with van der Waals surface area (Å²) in [5.41, 5.74) is 4.94. The largest absolute Gasteiger partial charge is 0.512 e. The minimum atomic E-state index is 0.226. The average Bonchev–Trinajstić information content (AvgIpc) is 3.59. The van der Waals surface area contributed by atoms with Gasteiger partial charge in [0, 0.05) is 45.4 Å². The molecule has 42 heavy (non-hydrogen) atoms. The summed E-state index contributed by atoms with van der Waals surface area (Å²) < 4.78 is 0. The number of aliphatic hydroxyl groups excluding tert-OH is 1. The Morgan fingerprint density at radius 2 is 1.69 bits per heavy atom. The van der Waals surface area contributed by atoms with E-state index in [1.54, 1.807) is 19.2 Å². The van der Waals surface area contributed by atoms with Crippen LogP contribution in [0.25, 0.3) is 40.2 Å². The Labute approximate surface area is 261 Å². The fraction of sp³-hybridized carbons (Fsp3) is 0.514. The van der Waals surface area contributed by atoms with Crippen molar-refractivity contribution >= 4 is 29.8 Å². The molecule has 2 N–H and O–H groups in total. The van der Waals surface area contributed by atoms with Gasteiger partial charge in [0.1, 0.15) is 5.01 Å². The Morgan fingerprint density at radius 1 is 1.05 bits per heavy atom. The first kappa shape index (κ1) is 39.1. The first-order valence-corrected chi connectivity index (χ1v) is 16.7. The Kier molecular flexibility index (Phi) is 21.1. The molecule has 3 rings (SSSR count). The van der Waals surface area contributed by atoms with E-state index < -0.39 is 0 Å². The second-order valence-corrected chi connectivity index (χ2v) is 12.0. The molecule has 0 aliphatic carbocycles. The van der Waals surface area contributed by atoms with Gasteiger partial charge in [-0.3, -0.25) is 4.98 Å². The third kappa shape index (κ3) is 14.3. The van der Waals surface area contributed by atoms with E-state index in [0.29, 0.717) is 10.6 Å². The second-order valence-electron chi connectivity index (χ2n) is 11.1. The van der Waals surface area contributed by atoms with Gasteiger partial charge in [-0.05, 0) is 31.7 Å². The molecule has 0 spiro atoms. The molecule has 3 aromatic heterocycles. The molecule has 0 saturated carbocycles. The van der Waals surface area contributed by atoms with Crippen LogP contribution in [0, 0.1) is 18.8 Å². The van der Waals surface area contributed by atoms with Gasteiger partial charge in [-0.2, -0.15) is 0 Å². The predicted molar refractivity (Wildman–Crippen MR) is 190 cm³/mol. The molecule has 0 bridgehead atoms. The number of aryl methyl sites for hydroxylation is 1. The summed E-state index contributed by atoms with van der Waals surface area (Å²) in [5, 5.41) is 13.9. The number of nitrogens with zero attached hydrogens (tertiary/aromatic N) is 2. The van der Waals surface area contributed by atoms with Crippen molar-refractivity contribution in [1.82, 2.24) is 15.0 Å². The molecule has 4 nitrogen and oxygen atoms in total. The molecule has 0 fully saturated rings. The number of nitrogens with one attached hydrogen (secondary N) is 1. The first-order valence-electron chi connectivity index (χ1n) is 15.8. The number of thiazole rings is 1. The number of H-pyrrole nitrogens is 1. The van der Waals surface area contributed by atoms with E-state index in [1.165, 1.54) is 56.3 Å². The van der Waals surface area contributed by atoms with Gasteiger partial charge in [-0.1, -0.05) is 132 Å². The van der Waals surface area contributed by atoms with Gasteiger partial charge in [0.25, 0.3) is 0 Å². The maximum absolute atomic E-state index is 9.71. The third-order valence-corrected chi connectivity index (χ3v) is 7.70. The molecular formula is C37H59N3OS. The van der Waals surface area contributed by atoms with Crippen LogP contribution in [0.15, 0.2) is 42.6 Å². The highest BCUT2D eigenvalue weighted by Crippen LogP contribution is 2.31. The van der Waals surface area contributed by atoms with Crippen LogP contribution in [0.2, 0.25) is 0 Å². The lowest BCUT2D eigenvalue weighted by atomic mass is 9.92. The molecule has 0 aliphatic heterocycles. The van der Waals surface area contributed by atoms with Crippen LogP contribution in [0.3, 0.4) is 0 Å². The summed E-state index contributed by atoms with van der Waals surface area (Å²) in [6.07, 6.45) is 18.8. The lowest BCUT2D eigenvalue weighted by molar-refractivity contribution is 0.377. The van der Waals surface area contributed by atoms with Crippen molar-refractivity contribution in [2.45, 2.75) is 114 Å². The summed E-state index contributed by atoms with van der Waals surface area (Å²) in [6, 6.07) is 1.87. The minimum Gasteiger partial charge on any atom is -0.512 e. The number of unbranched alkanes of at least 4 members (excludes halogenated alkanes) is 3. The molecular weight excluding hydrogens is 534 g/mol. The van der Waals surface area contributed by atoms with Crippen molar-refractivity contribution in [3.05, 3.63) is 64.4 Å². The van der Waals surface area contributed by atoms with Gasteiger partial charge in [0.15, 0.2) is 0 Å². The van der Waals surface area contributed by atoms with Gasteiger partial charge >= 0.3 is 0 Å². The summed E-state index contributed by atoms with van der Waals surface area (Å²) in [7, 11) is 0. The van der Waals surface area contributed by atoms with Crippen LogP contribution in [0.4, 0.5) is 0 Å². The Morgan fingerprint density at radius 3 is 2.21 bits per heavy atom. The van der Waals surface area contributed by atoms with Gasteiger partial charge in [0.05, 0.1) is 16.8 Å². The molecule has 0 amide bonds. The topological polar surface area (TPSA) is 61.8 Å². The van der Waals surface area contributed by atoms with Crippen molar-refractivity contribution in [3.8, 4) is 21.8 Å². The summed E-state index contributed by atoms with van der Waals surface area (Å²) in [6.45, 7) is 29.2. The Bertz CT molecular complexity index is 1280. The number of aliphatic hydroxyl groups is 1. The highest BCUT2D eigenvalue weighted by atomic mass is 32.1. The van der Waals surface area contributed by atoms with E-state index in [2.05, 4.69) is 78.5 Å². The van der Waals surface area contributed by atoms with Crippen molar-refractivity contribution in [1.29, 1.82) is 0 Å². The van der Waals surface area contributed by atoms with E-state index in [1.807, 2.05) is 36.7 Å². The zero-order valence-electron chi connectivity index (χ0n) is 28.3. The number of aromatic nitrogens is 3. The van der Waals surface area contributed by atoms with E-state index in [-0.39, 0.29) is 5.76 Å². The van der Waals surface area contributed by atoms with Gasteiger partial charge in [-0.15, -0.1) is 11.3 Å². The number of hydrogen-bond donors (Lipinski definition) is 2. The maximum atomic E-state index is 9.71. The number of rotatable bonds is 10. The van der Waals surface area contributed by atoms with Crippen molar-refractivity contribution in [3.63, 3.8) is 0 Å². The molecule has 0 radical (unpaired) electrons. The van der Waals surface area contributed by atoms with E-state index in [4.69, 9.17) is 4.98 Å². The molecule has 3 heterocycles. The molecule has 5 heteroatoms. The Balaban J connectivity index is 0.000000820. The monoisotopic (exact) mass is 593 g/mol. The minimum absolute atomic E-state index is 0.226. The highest BCUT2D eigenvalue weighted by Gasteiger charge is 2.13. The molecule has 0 saturated heterocycles. The lowest BCUT2D eigenvalue weighted by Crippen LogP contribution is -2.16. The molecule has 0 aromatic carbocycles. The zero-order chi connectivity index (χ0) is 32.1. The van der Waals surface area contributed by atoms with Crippen LogP contribution in [0.1, 0.15) is 119 Å². The quantitative estimate of drug-likeness (QED) is 0.181. The molecule has 3 aromatic rings. The third-order valence-electron chi connectivity index (χ3n) is 6.83. The predicted octanol–water partition coefficient (Wildman–Crippen LogP) is 10.9. The van der Waals surface area contributed by atoms with E-state index in [9.17, 15) is 5.11 Å². The summed E-state index contributed by atoms with van der Waals surface area (Å²) >= 11 is 1.53. The molecule has 1 atom stereocenters. The smallest absolute Gasteiger partial charge is 0.126 e. The fourth-order valence-corrected chi connectivity index (χ4v) is 4.43. The summed E-state index contributed by atoms with van der Waals surface area (Å²) in [5.74, 6) is 2.02. The van der Waals surface area contributed by atoms with Crippen LogP contribution in [0.5, 0.6) is 0 Å². The van der Waals surface area contributed by atoms with Gasteiger partial charge < -0.3 is 10.1 Å². The SMILES string of the molecule is C=C/C=C\c1c(-c2csc(-c3c/c(=C(/C)O)cnc3=C)n2)c[nH]c1C.CCC.CCCC.CCCCCC(C)C(C)C. The number of hydrogen-bond acceptors (Lipinski definition) is 4.